The molecule has 0 bridgehead atoms. The van der Waals surface area contributed by atoms with Crippen molar-refractivity contribution in [2.75, 3.05) is 19.6 Å². The minimum absolute atomic E-state index is 0.294. The molecule has 0 amide bonds. The van der Waals surface area contributed by atoms with Crippen LogP contribution in [0.1, 0.15) is 86.6 Å². The van der Waals surface area contributed by atoms with Crippen molar-refractivity contribution in [3.63, 3.8) is 0 Å². The van der Waals surface area contributed by atoms with E-state index in [2.05, 4.69) is 43.2 Å². The highest BCUT2D eigenvalue weighted by Crippen LogP contribution is 2.32. The number of rotatable bonds is 8. The summed E-state index contributed by atoms with van der Waals surface area (Å²) < 4.78 is 2.44. The van der Waals surface area contributed by atoms with Gasteiger partial charge in [0.1, 0.15) is 0 Å². The number of ketones is 1. The van der Waals surface area contributed by atoms with Crippen LogP contribution in [-0.2, 0) is 0 Å². The first kappa shape index (κ1) is 18.3. The normalized spacial score (nSPS) is 16.2. The average molecular weight is 319 g/mol. The molecule has 3 nitrogen and oxygen atoms in total. The van der Waals surface area contributed by atoms with Gasteiger partial charge in [0, 0.05) is 23.0 Å². The molecule has 1 aliphatic rings. The van der Waals surface area contributed by atoms with Crippen LogP contribution in [0.25, 0.3) is 0 Å². The van der Waals surface area contributed by atoms with Crippen LogP contribution < -0.4 is 0 Å². The molecule has 23 heavy (non-hydrogen) atoms. The molecule has 1 fully saturated rings. The molecule has 1 saturated carbocycles. The van der Waals surface area contributed by atoms with E-state index in [-0.39, 0.29) is 0 Å². The van der Waals surface area contributed by atoms with E-state index in [0.29, 0.717) is 18.4 Å². The highest BCUT2D eigenvalue weighted by Gasteiger charge is 2.23. The van der Waals surface area contributed by atoms with Gasteiger partial charge in [-0.3, -0.25) is 9.69 Å². The largest absolute Gasteiger partial charge is 0.345 e. The molecule has 1 aliphatic carbocycles. The molecule has 0 aliphatic heterocycles. The molecule has 1 aromatic rings. The molecule has 0 aromatic carbocycles. The minimum atomic E-state index is 0.294. The van der Waals surface area contributed by atoms with E-state index in [0.717, 1.165) is 31.5 Å². The van der Waals surface area contributed by atoms with Crippen molar-refractivity contribution in [3.8, 4) is 0 Å². The van der Waals surface area contributed by atoms with Crippen LogP contribution in [0.5, 0.6) is 0 Å². The summed E-state index contributed by atoms with van der Waals surface area (Å²) in [4.78, 5) is 15.1. The van der Waals surface area contributed by atoms with Crippen LogP contribution in [0.15, 0.2) is 6.07 Å². The molecule has 0 radical (unpaired) electrons. The Kier molecular flexibility index (Phi) is 6.88. The summed E-state index contributed by atoms with van der Waals surface area (Å²) in [6, 6.07) is 2.73. The summed E-state index contributed by atoms with van der Waals surface area (Å²) in [5, 5.41) is 0. The van der Waals surface area contributed by atoms with E-state index in [9.17, 15) is 4.79 Å². The van der Waals surface area contributed by atoms with Gasteiger partial charge in [-0.1, -0.05) is 33.1 Å². The minimum Gasteiger partial charge on any atom is -0.345 e. The van der Waals surface area contributed by atoms with Gasteiger partial charge >= 0.3 is 0 Å². The Bertz CT molecular complexity index is 506. The van der Waals surface area contributed by atoms with Crippen molar-refractivity contribution in [2.24, 2.45) is 0 Å². The maximum atomic E-state index is 12.8. The molecule has 0 N–H and O–H groups in total. The highest BCUT2D eigenvalue weighted by molar-refractivity contribution is 5.99. The van der Waals surface area contributed by atoms with E-state index in [1.165, 1.54) is 43.5 Å². The molecule has 0 spiro atoms. The molecular formula is C20H34N2O. The Labute approximate surface area is 142 Å². The maximum absolute atomic E-state index is 12.8. The lowest BCUT2D eigenvalue weighted by Crippen LogP contribution is -2.31. The van der Waals surface area contributed by atoms with Crippen molar-refractivity contribution in [3.05, 3.63) is 23.0 Å². The third-order valence-electron chi connectivity index (χ3n) is 5.17. The third-order valence-corrected chi connectivity index (χ3v) is 5.17. The number of hydrogen-bond acceptors (Lipinski definition) is 2. The summed E-state index contributed by atoms with van der Waals surface area (Å²) >= 11 is 0. The second kappa shape index (κ2) is 8.68. The van der Waals surface area contributed by atoms with Crippen LogP contribution in [0, 0.1) is 13.8 Å². The number of aryl methyl sites for hydroxylation is 1. The lowest BCUT2D eigenvalue weighted by molar-refractivity contribution is 0.0929. The van der Waals surface area contributed by atoms with Crippen LogP contribution in [0.3, 0.4) is 0 Å². The number of carbonyl (C=O) groups is 1. The molecule has 130 valence electrons. The Morgan fingerprint density at radius 3 is 2.30 bits per heavy atom. The van der Waals surface area contributed by atoms with Gasteiger partial charge in [0.05, 0.1) is 6.54 Å². The van der Waals surface area contributed by atoms with Crippen LogP contribution in [0.2, 0.25) is 0 Å². The maximum Gasteiger partial charge on any atom is 0.178 e. The lowest BCUT2D eigenvalue weighted by atomic mass is 9.95. The number of carbonyl (C=O) groups excluding carboxylic acids is 1. The fourth-order valence-corrected chi connectivity index (χ4v) is 4.15. The molecule has 0 unspecified atom stereocenters. The second-order valence-electron chi connectivity index (χ2n) is 7.15. The summed E-state index contributed by atoms with van der Waals surface area (Å²) in [7, 11) is 0. The Morgan fingerprint density at radius 2 is 1.74 bits per heavy atom. The Morgan fingerprint density at radius 1 is 1.13 bits per heavy atom. The van der Waals surface area contributed by atoms with E-state index < -0.39 is 0 Å². The van der Waals surface area contributed by atoms with Gasteiger partial charge in [0.25, 0.3) is 0 Å². The number of nitrogens with zero attached hydrogens (tertiary/aromatic N) is 2. The molecular weight excluding hydrogens is 284 g/mol. The Hall–Kier alpha value is -1.09. The average Bonchev–Trinajstić information content (AvgIpc) is 2.83. The van der Waals surface area contributed by atoms with Gasteiger partial charge in [-0.15, -0.1) is 0 Å². The van der Waals surface area contributed by atoms with E-state index in [1.54, 1.807) is 0 Å². The smallest absolute Gasteiger partial charge is 0.178 e. The topological polar surface area (TPSA) is 25.2 Å². The van der Waals surface area contributed by atoms with E-state index in [1.807, 2.05) is 0 Å². The van der Waals surface area contributed by atoms with Crippen LogP contribution in [-0.4, -0.2) is 34.9 Å². The first-order chi connectivity index (χ1) is 11.1. The van der Waals surface area contributed by atoms with E-state index in [4.69, 9.17) is 0 Å². The molecule has 1 heterocycles. The monoisotopic (exact) mass is 318 g/mol. The number of hydrogen-bond donors (Lipinski definition) is 0. The number of aromatic nitrogens is 1. The Balaban J connectivity index is 2.14. The zero-order valence-electron chi connectivity index (χ0n) is 15.5. The fourth-order valence-electron chi connectivity index (χ4n) is 4.15. The summed E-state index contributed by atoms with van der Waals surface area (Å²) in [6.45, 7) is 11.3. The first-order valence-corrected chi connectivity index (χ1v) is 9.52. The quantitative estimate of drug-likeness (QED) is 0.636. The standard InChI is InChI=1S/C20H34N2O/c1-5-12-21(13-6-2)15-20(23)19-14-16(3)22(17(19)4)18-10-8-7-9-11-18/h14,18H,5-13,15H2,1-4H3. The van der Waals surface area contributed by atoms with Gasteiger partial charge in [-0.25, -0.2) is 0 Å². The summed E-state index contributed by atoms with van der Waals surface area (Å²) in [6.07, 6.45) is 8.76. The van der Waals surface area contributed by atoms with Crippen molar-refractivity contribution < 1.29 is 4.79 Å². The molecule has 0 atom stereocenters. The third kappa shape index (κ3) is 4.47. The van der Waals surface area contributed by atoms with Gasteiger partial charge in [0.15, 0.2) is 5.78 Å². The van der Waals surface area contributed by atoms with Crippen molar-refractivity contribution in [1.82, 2.24) is 9.47 Å². The zero-order chi connectivity index (χ0) is 16.8. The number of Topliss-reactive ketones (excluding diaryl/α,β-unsaturated/α-hetero) is 1. The summed E-state index contributed by atoms with van der Waals surface area (Å²) in [5.41, 5.74) is 3.40. The van der Waals surface area contributed by atoms with Crippen molar-refractivity contribution in [2.45, 2.75) is 78.7 Å². The molecule has 3 heteroatoms. The van der Waals surface area contributed by atoms with Gasteiger partial charge in [0.2, 0.25) is 0 Å². The molecule has 2 rings (SSSR count). The molecule has 0 saturated heterocycles. The van der Waals surface area contributed by atoms with Crippen molar-refractivity contribution in [1.29, 1.82) is 0 Å². The van der Waals surface area contributed by atoms with Crippen LogP contribution >= 0.6 is 0 Å². The lowest BCUT2D eigenvalue weighted by Gasteiger charge is -2.26. The summed E-state index contributed by atoms with van der Waals surface area (Å²) in [5.74, 6) is 0.294. The zero-order valence-corrected chi connectivity index (χ0v) is 15.5. The van der Waals surface area contributed by atoms with Crippen molar-refractivity contribution >= 4 is 5.78 Å². The fraction of sp³-hybridized carbons (Fsp3) is 0.750. The van der Waals surface area contributed by atoms with Gasteiger partial charge in [-0.2, -0.15) is 0 Å². The SMILES string of the molecule is CCCN(CCC)CC(=O)c1cc(C)n(C2CCCCC2)c1C. The van der Waals surface area contributed by atoms with E-state index >= 15 is 0 Å². The predicted octanol–water partition coefficient (Wildman–Crippen LogP) is 4.91. The van der Waals surface area contributed by atoms with Gasteiger partial charge < -0.3 is 4.57 Å². The highest BCUT2D eigenvalue weighted by atomic mass is 16.1. The van der Waals surface area contributed by atoms with Crippen LogP contribution in [0.4, 0.5) is 0 Å². The first-order valence-electron chi connectivity index (χ1n) is 9.52. The predicted molar refractivity (Wildman–Crippen MR) is 97.4 cm³/mol. The second-order valence-corrected chi connectivity index (χ2v) is 7.15. The molecule has 1 aromatic heterocycles. The van der Waals surface area contributed by atoms with Gasteiger partial charge in [-0.05, 0) is 58.7 Å².